The lowest BCUT2D eigenvalue weighted by molar-refractivity contribution is -0.141. The highest BCUT2D eigenvalue weighted by Crippen LogP contribution is 2.41. The second-order valence-electron chi connectivity index (χ2n) is 16.3. The molecule has 7 rings (SSSR count). The van der Waals surface area contributed by atoms with Gasteiger partial charge in [0, 0.05) is 36.0 Å². The standard InChI is InChI=1S/C24H27N3O4.C21H26N2O2.C5H7NO3/c1-31-20-10-6-5-9-19(20)22(29)26-16-24(17-7-3-2-4-8-17)13-11-18(12-14-24)27-21(28)15-25-23(27)30;1-25-19-10-6-5-9-18(19)20(24)23-15-21(13-11-17(22)12-14-21)16-7-3-2-4-8-16;1-2-9-5(8)3-6-4-7/h2-10,18H,11-16H2,1H3,(H,25,30)(H,26,29);2-10,17H,11-15,22H2,1H3,(H,23,24);2-3H2,1H3. The van der Waals surface area contributed by atoms with E-state index in [0.29, 0.717) is 55.2 Å². The molecule has 1 heterocycles. The summed E-state index contributed by atoms with van der Waals surface area (Å²) in [5, 5.41) is 8.85. The number of nitrogens with one attached hydrogen (secondary N) is 3. The van der Waals surface area contributed by atoms with Gasteiger partial charge in [0.1, 0.15) is 18.0 Å². The molecule has 5 N–H and O–H groups in total. The van der Waals surface area contributed by atoms with Gasteiger partial charge >= 0.3 is 12.0 Å². The van der Waals surface area contributed by atoms with Gasteiger partial charge in [0.25, 0.3) is 11.8 Å². The Morgan fingerprint density at radius 1 is 0.723 bits per heavy atom. The molecule has 0 aromatic heterocycles. The van der Waals surface area contributed by atoms with Crippen LogP contribution in [-0.2, 0) is 30.0 Å². The van der Waals surface area contributed by atoms with Crippen LogP contribution in [0.4, 0.5) is 4.79 Å². The van der Waals surface area contributed by atoms with Gasteiger partial charge in [0.05, 0.1) is 38.5 Å². The summed E-state index contributed by atoms with van der Waals surface area (Å²) in [6.45, 7) is 2.93. The molecule has 1 aliphatic heterocycles. The number of hydrogen-bond donors (Lipinski definition) is 4. The number of imide groups is 1. The molecule has 2 aliphatic carbocycles. The lowest BCUT2D eigenvalue weighted by Gasteiger charge is -2.42. The average molecular weight is 889 g/mol. The van der Waals surface area contributed by atoms with Crippen LogP contribution >= 0.6 is 0 Å². The minimum absolute atomic E-state index is 0.0468. The number of benzene rings is 4. The van der Waals surface area contributed by atoms with E-state index < -0.39 is 5.97 Å². The van der Waals surface area contributed by atoms with Crippen LogP contribution in [-0.4, -0.2) is 99.8 Å². The lowest BCUT2D eigenvalue weighted by atomic mass is 9.68. The van der Waals surface area contributed by atoms with E-state index in [0.717, 1.165) is 44.1 Å². The zero-order valence-electron chi connectivity index (χ0n) is 37.4. The van der Waals surface area contributed by atoms with Crippen LogP contribution in [0, 0.1) is 0 Å². The topological polar surface area (TPSA) is 208 Å². The monoisotopic (exact) mass is 888 g/mol. The first kappa shape index (κ1) is 49.2. The highest BCUT2D eigenvalue weighted by atomic mass is 16.5. The Balaban J connectivity index is 0.000000209. The van der Waals surface area contributed by atoms with Crippen molar-refractivity contribution in [2.24, 2.45) is 10.7 Å². The zero-order valence-corrected chi connectivity index (χ0v) is 37.4. The van der Waals surface area contributed by atoms with Crippen molar-refractivity contribution in [3.05, 3.63) is 131 Å². The molecular weight excluding hydrogens is 829 g/mol. The second kappa shape index (κ2) is 24.3. The van der Waals surface area contributed by atoms with Crippen LogP contribution in [0.25, 0.3) is 0 Å². The van der Waals surface area contributed by atoms with E-state index in [-0.39, 0.29) is 59.8 Å². The van der Waals surface area contributed by atoms with Gasteiger partial charge in [-0.15, -0.1) is 0 Å². The number of rotatable bonds is 14. The van der Waals surface area contributed by atoms with E-state index in [9.17, 15) is 28.8 Å². The quantitative estimate of drug-likeness (QED) is 0.0502. The first-order valence-corrected chi connectivity index (χ1v) is 22.0. The Kier molecular flexibility index (Phi) is 18.4. The van der Waals surface area contributed by atoms with Crippen molar-refractivity contribution in [2.75, 3.05) is 47.0 Å². The Bertz CT molecular complexity index is 2240. The Morgan fingerprint density at radius 2 is 1.17 bits per heavy atom. The van der Waals surface area contributed by atoms with Crippen molar-refractivity contribution < 1.29 is 43.0 Å². The van der Waals surface area contributed by atoms with Crippen molar-refractivity contribution in [3.63, 3.8) is 0 Å². The SMILES string of the molecule is CCOC(=O)CN=C=O.COc1ccccc1C(=O)NCC1(c2ccccc2)CCC(N)CC1.COc1ccccc1C(=O)NCC1(c2ccccc2)CCC(N2C(=O)CNC2=O)CC1. The number of amides is 5. The normalized spacial score (nSPS) is 21.1. The third-order valence-corrected chi connectivity index (χ3v) is 12.4. The van der Waals surface area contributed by atoms with Gasteiger partial charge < -0.3 is 35.9 Å². The Morgan fingerprint density at radius 3 is 1.58 bits per heavy atom. The molecule has 0 bridgehead atoms. The highest BCUT2D eigenvalue weighted by Gasteiger charge is 2.43. The van der Waals surface area contributed by atoms with Crippen LogP contribution in [0.1, 0.15) is 90.1 Å². The lowest BCUT2D eigenvalue weighted by Crippen LogP contribution is -2.49. The van der Waals surface area contributed by atoms with Gasteiger partial charge in [0.2, 0.25) is 12.0 Å². The van der Waals surface area contributed by atoms with Crippen LogP contribution in [0.2, 0.25) is 0 Å². The van der Waals surface area contributed by atoms with Gasteiger partial charge in [0.15, 0.2) is 0 Å². The molecule has 0 spiro atoms. The molecule has 15 nitrogen and oxygen atoms in total. The molecule has 5 amide bonds. The number of urea groups is 1. The minimum Gasteiger partial charge on any atom is -0.496 e. The maximum atomic E-state index is 12.9. The first-order valence-electron chi connectivity index (χ1n) is 22.0. The molecule has 0 atom stereocenters. The van der Waals surface area contributed by atoms with Crippen LogP contribution < -0.4 is 31.2 Å². The van der Waals surface area contributed by atoms with Crippen LogP contribution in [0.5, 0.6) is 11.5 Å². The number of methoxy groups -OCH3 is 2. The summed E-state index contributed by atoms with van der Waals surface area (Å²) in [7, 11) is 3.13. The smallest absolute Gasteiger partial charge is 0.328 e. The molecule has 2 saturated carbocycles. The molecule has 4 aromatic carbocycles. The van der Waals surface area contributed by atoms with Crippen LogP contribution in [0.15, 0.2) is 114 Å². The number of nitrogens with zero attached hydrogens (tertiary/aromatic N) is 2. The van der Waals surface area contributed by atoms with Gasteiger partial charge in [-0.2, -0.15) is 4.99 Å². The van der Waals surface area contributed by atoms with Gasteiger partial charge in [-0.25, -0.2) is 9.59 Å². The molecule has 1 saturated heterocycles. The van der Waals surface area contributed by atoms with Gasteiger partial charge in [-0.1, -0.05) is 84.9 Å². The Labute approximate surface area is 380 Å². The third kappa shape index (κ3) is 13.1. The average Bonchev–Trinajstić information content (AvgIpc) is 3.70. The predicted molar refractivity (Wildman–Crippen MR) is 245 cm³/mol. The third-order valence-electron chi connectivity index (χ3n) is 12.4. The van der Waals surface area contributed by atoms with E-state index in [1.807, 2.05) is 54.6 Å². The largest absolute Gasteiger partial charge is 0.496 e. The van der Waals surface area contributed by atoms with Gasteiger partial charge in [-0.3, -0.25) is 24.1 Å². The molecule has 3 aliphatic rings. The molecule has 344 valence electrons. The fourth-order valence-electron chi connectivity index (χ4n) is 8.79. The molecule has 0 radical (unpaired) electrons. The molecule has 4 aromatic rings. The zero-order chi connectivity index (χ0) is 46.7. The van der Waals surface area contributed by atoms with Crippen molar-refractivity contribution in [2.45, 2.75) is 81.2 Å². The first-order chi connectivity index (χ1) is 31.5. The summed E-state index contributed by atoms with van der Waals surface area (Å²) >= 11 is 0. The fourth-order valence-corrected chi connectivity index (χ4v) is 8.79. The number of para-hydroxylation sites is 2. The number of ether oxygens (including phenoxy) is 3. The summed E-state index contributed by atoms with van der Waals surface area (Å²) in [6.07, 6.45) is 8.13. The minimum atomic E-state index is -0.499. The molecule has 3 fully saturated rings. The molecule has 15 heteroatoms. The van der Waals surface area contributed by atoms with E-state index in [1.165, 1.54) is 16.5 Å². The molecule has 0 unspecified atom stereocenters. The van der Waals surface area contributed by atoms with E-state index >= 15 is 0 Å². The maximum Gasteiger partial charge on any atom is 0.328 e. The number of isocyanates is 1. The summed E-state index contributed by atoms with van der Waals surface area (Å²) in [6, 6.07) is 35.0. The Hall–Kier alpha value is -6.83. The number of carbonyl (C=O) groups excluding carboxylic acids is 6. The van der Waals surface area contributed by atoms with Crippen molar-refractivity contribution in [1.82, 2.24) is 20.9 Å². The number of carbonyl (C=O) groups is 5. The summed E-state index contributed by atoms with van der Waals surface area (Å²) in [5.74, 6) is 0.203. The second-order valence-corrected chi connectivity index (χ2v) is 16.3. The van der Waals surface area contributed by atoms with Gasteiger partial charge in [-0.05, 0) is 93.7 Å². The number of hydrogen-bond acceptors (Lipinski definition) is 11. The summed E-state index contributed by atoms with van der Waals surface area (Å²) in [5.41, 5.74) is 9.32. The van der Waals surface area contributed by atoms with E-state index in [1.54, 1.807) is 39.3 Å². The number of nitrogens with two attached hydrogens (primary N) is 1. The van der Waals surface area contributed by atoms with Crippen molar-refractivity contribution in [3.8, 4) is 11.5 Å². The van der Waals surface area contributed by atoms with Crippen LogP contribution in [0.3, 0.4) is 0 Å². The van der Waals surface area contributed by atoms with Crippen molar-refractivity contribution >= 4 is 35.8 Å². The molecular formula is C50H60N6O9. The van der Waals surface area contributed by atoms with E-state index in [2.05, 4.69) is 62.1 Å². The predicted octanol–water partition coefficient (Wildman–Crippen LogP) is 6.01. The maximum absolute atomic E-state index is 12.9. The number of esters is 1. The molecule has 65 heavy (non-hydrogen) atoms. The fraction of sp³-hybridized carbons (Fsp3) is 0.400. The van der Waals surface area contributed by atoms with E-state index in [4.69, 9.17) is 15.2 Å². The number of aliphatic imine (C=N–C) groups is 1. The van der Waals surface area contributed by atoms with Crippen molar-refractivity contribution in [1.29, 1.82) is 0 Å². The summed E-state index contributed by atoms with van der Waals surface area (Å²) in [4.78, 5) is 73.9. The highest BCUT2D eigenvalue weighted by molar-refractivity contribution is 6.02. The summed E-state index contributed by atoms with van der Waals surface area (Å²) < 4.78 is 15.1.